The molecule has 0 radical (unpaired) electrons. The largest absolute Gasteiger partial charge is 0.392 e. The van der Waals surface area contributed by atoms with Gasteiger partial charge in [0.25, 0.3) is 5.91 Å². The van der Waals surface area contributed by atoms with E-state index in [9.17, 15) is 18.3 Å². The van der Waals surface area contributed by atoms with Crippen LogP contribution in [0.15, 0.2) is 40.6 Å². The molecule has 1 aliphatic heterocycles. The SMILES string of the molecule is CC(O)CNC(=O)c1sccc1S(=O)(=O)N1CCc2ccccc2C1. The number of fused-ring (bicyclic) bond motifs is 1. The molecule has 2 N–H and O–H groups in total. The third-order valence-corrected chi connectivity index (χ3v) is 7.04. The van der Waals surface area contributed by atoms with E-state index in [0.29, 0.717) is 19.5 Å². The summed E-state index contributed by atoms with van der Waals surface area (Å²) in [5.74, 6) is -0.480. The van der Waals surface area contributed by atoms with E-state index in [0.717, 1.165) is 22.5 Å². The fourth-order valence-electron chi connectivity index (χ4n) is 2.80. The number of sulfonamides is 1. The molecule has 1 aromatic heterocycles. The van der Waals surface area contributed by atoms with Crippen LogP contribution in [0, 0.1) is 0 Å². The van der Waals surface area contributed by atoms with Crippen LogP contribution in [0.2, 0.25) is 0 Å². The van der Waals surface area contributed by atoms with Crippen LogP contribution in [0.5, 0.6) is 0 Å². The van der Waals surface area contributed by atoms with E-state index in [-0.39, 0.29) is 16.3 Å². The van der Waals surface area contributed by atoms with Crippen LogP contribution in [-0.2, 0) is 23.0 Å². The fourth-order valence-corrected chi connectivity index (χ4v) is 5.54. The number of hydrogen-bond acceptors (Lipinski definition) is 5. The number of nitrogens with one attached hydrogen (secondary N) is 1. The topological polar surface area (TPSA) is 86.7 Å². The zero-order chi connectivity index (χ0) is 18.0. The van der Waals surface area contributed by atoms with Gasteiger partial charge < -0.3 is 10.4 Å². The second-order valence-corrected chi connectivity index (χ2v) is 8.85. The van der Waals surface area contributed by atoms with E-state index in [2.05, 4.69) is 5.32 Å². The van der Waals surface area contributed by atoms with Gasteiger partial charge in [0, 0.05) is 19.6 Å². The zero-order valence-corrected chi connectivity index (χ0v) is 15.4. The number of carbonyl (C=O) groups excluding carboxylic acids is 1. The molecule has 0 spiro atoms. The third-order valence-electron chi connectivity index (χ3n) is 4.11. The van der Waals surface area contributed by atoms with Crippen molar-refractivity contribution in [2.45, 2.75) is 30.9 Å². The number of amides is 1. The Balaban J connectivity index is 1.85. The third kappa shape index (κ3) is 3.77. The number of rotatable bonds is 5. The molecule has 134 valence electrons. The number of hydrogen-bond donors (Lipinski definition) is 2. The maximum absolute atomic E-state index is 13.0. The summed E-state index contributed by atoms with van der Waals surface area (Å²) in [5, 5.41) is 13.4. The first-order valence-corrected chi connectivity index (χ1v) is 10.3. The average molecular weight is 380 g/mol. The fraction of sp³-hybridized carbons (Fsp3) is 0.353. The van der Waals surface area contributed by atoms with Gasteiger partial charge in [0.15, 0.2) is 0 Å². The second kappa shape index (κ2) is 7.25. The molecule has 25 heavy (non-hydrogen) atoms. The summed E-state index contributed by atoms with van der Waals surface area (Å²) in [4.78, 5) is 12.4. The zero-order valence-electron chi connectivity index (χ0n) is 13.8. The Kier molecular flexibility index (Phi) is 5.24. The number of nitrogens with zero attached hydrogens (tertiary/aromatic N) is 1. The lowest BCUT2D eigenvalue weighted by atomic mass is 10.0. The summed E-state index contributed by atoms with van der Waals surface area (Å²) >= 11 is 1.09. The van der Waals surface area contributed by atoms with Crippen molar-refractivity contribution in [2.24, 2.45) is 0 Å². The molecular formula is C17H20N2O4S2. The first-order chi connectivity index (χ1) is 11.9. The summed E-state index contributed by atoms with van der Waals surface area (Å²) in [6.45, 7) is 2.33. The number of thiophene rings is 1. The van der Waals surface area contributed by atoms with Crippen LogP contribution >= 0.6 is 11.3 Å². The van der Waals surface area contributed by atoms with Gasteiger partial charge in [-0.2, -0.15) is 4.31 Å². The molecule has 1 aromatic carbocycles. The van der Waals surface area contributed by atoms with Crippen LogP contribution in [-0.4, -0.2) is 42.9 Å². The van der Waals surface area contributed by atoms with Gasteiger partial charge in [0.05, 0.1) is 6.10 Å². The number of carbonyl (C=O) groups is 1. The van der Waals surface area contributed by atoms with Crippen LogP contribution in [0.25, 0.3) is 0 Å². The van der Waals surface area contributed by atoms with Crippen molar-refractivity contribution >= 4 is 27.3 Å². The smallest absolute Gasteiger partial charge is 0.262 e. The quantitative estimate of drug-likeness (QED) is 0.825. The molecule has 1 atom stereocenters. The molecule has 0 saturated heterocycles. The van der Waals surface area contributed by atoms with E-state index in [1.807, 2.05) is 24.3 Å². The molecule has 6 nitrogen and oxygen atoms in total. The Labute approximate surface area is 151 Å². The predicted octanol–water partition coefficient (Wildman–Crippen LogP) is 1.61. The summed E-state index contributed by atoms with van der Waals surface area (Å²) in [6.07, 6.45) is -0.0362. The standard InChI is InChI=1S/C17H20N2O4S2/c1-12(20)10-18-17(21)16-15(7-9-24-16)25(22,23)19-8-6-13-4-2-3-5-14(13)11-19/h2-5,7,9,12,20H,6,8,10-11H2,1H3,(H,18,21). The monoisotopic (exact) mass is 380 g/mol. The van der Waals surface area contributed by atoms with Crippen LogP contribution < -0.4 is 5.32 Å². The Morgan fingerprint density at radius 3 is 2.76 bits per heavy atom. The lowest BCUT2D eigenvalue weighted by molar-refractivity contribution is 0.0925. The minimum Gasteiger partial charge on any atom is -0.392 e. The molecule has 2 aromatic rings. The highest BCUT2D eigenvalue weighted by molar-refractivity contribution is 7.89. The van der Waals surface area contributed by atoms with Gasteiger partial charge in [0.2, 0.25) is 10.0 Å². The van der Waals surface area contributed by atoms with Crippen molar-refractivity contribution in [2.75, 3.05) is 13.1 Å². The molecule has 1 amide bonds. The molecule has 0 saturated carbocycles. The summed E-state index contributed by atoms with van der Waals surface area (Å²) in [6, 6.07) is 9.26. The highest BCUT2D eigenvalue weighted by Gasteiger charge is 2.32. The first kappa shape index (κ1) is 18.1. The molecule has 0 aliphatic carbocycles. The number of aliphatic hydroxyl groups is 1. The molecule has 0 fully saturated rings. The van der Waals surface area contributed by atoms with Gasteiger partial charge >= 0.3 is 0 Å². The van der Waals surface area contributed by atoms with Crippen molar-refractivity contribution < 1.29 is 18.3 Å². The van der Waals surface area contributed by atoms with Crippen LogP contribution in [0.1, 0.15) is 27.7 Å². The summed E-state index contributed by atoms with van der Waals surface area (Å²) < 4.78 is 27.5. The van der Waals surface area contributed by atoms with Gasteiger partial charge in [-0.1, -0.05) is 24.3 Å². The second-order valence-electron chi connectivity index (χ2n) is 6.03. The van der Waals surface area contributed by atoms with E-state index in [1.165, 1.54) is 10.4 Å². The van der Waals surface area contributed by atoms with Crippen LogP contribution in [0.3, 0.4) is 0 Å². The van der Waals surface area contributed by atoms with E-state index < -0.39 is 22.0 Å². The molecule has 8 heteroatoms. The maximum Gasteiger partial charge on any atom is 0.262 e. The highest BCUT2D eigenvalue weighted by Crippen LogP contribution is 2.29. The molecule has 1 unspecified atom stereocenters. The molecule has 0 bridgehead atoms. The van der Waals surface area contributed by atoms with Crippen molar-refractivity contribution in [1.29, 1.82) is 0 Å². The average Bonchev–Trinajstić information content (AvgIpc) is 3.10. The molecular weight excluding hydrogens is 360 g/mol. The molecule has 3 rings (SSSR count). The van der Waals surface area contributed by atoms with E-state index in [1.54, 1.807) is 12.3 Å². The van der Waals surface area contributed by atoms with Gasteiger partial charge in [-0.15, -0.1) is 11.3 Å². The van der Waals surface area contributed by atoms with Gasteiger partial charge in [-0.05, 0) is 35.9 Å². The number of benzene rings is 1. The lowest BCUT2D eigenvalue weighted by Crippen LogP contribution is -2.37. The van der Waals surface area contributed by atoms with Gasteiger partial charge in [-0.25, -0.2) is 8.42 Å². The number of aliphatic hydroxyl groups excluding tert-OH is 1. The first-order valence-electron chi connectivity index (χ1n) is 8.00. The maximum atomic E-state index is 13.0. The van der Waals surface area contributed by atoms with E-state index in [4.69, 9.17) is 0 Å². The summed E-state index contributed by atoms with van der Waals surface area (Å²) in [5.41, 5.74) is 2.15. The van der Waals surface area contributed by atoms with E-state index >= 15 is 0 Å². The van der Waals surface area contributed by atoms with Crippen molar-refractivity contribution in [3.8, 4) is 0 Å². The Morgan fingerprint density at radius 1 is 1.32 bits per heavy atom. The Hall–Kier alpha value is -1.74. The normalized spacial score (nSPS) is 16.2. The Morgan fingerprint density at radius 2 is 2.04 bits per heavy atom. The molecule has 2 heterocycles. The van der Waals surface area contributed by atoms with Crippen LogP contribution in [0.4, 0.5) is 0 Å². The molecule has 1 aliphatic rings. The van der Waals surface area contributed by atoms with Gasteiger partial charge in [0.1, 0.15) is 9.77 Å². The lowest BCUT2D eigenvalue weighted by Gasteiger charge is -2.28. The van der Waals surface area contributed by atoms with Crippen molar-refractivity contribution in [3.63, 3.8) is 0 Å². The minimum absolute atomic E-state index is 0.0278. The van der Waals surface area contributed by atoms with Crippen molar-refractivity contribution in [3.05, 3.63) is 51.7 Å². The summed E-state index contributed by atoms with van der Waals surface area (Å²) in [7, 11) is -3.76. The minimum atomic E-state index is -3.76. The highest BCUT2D eigenvalue weighted by atomic mass is 32.2. The predicted molar refractivity (Wildman–Crippen MR) is 96.1 cm³/mol. The van der Waals surface area contributed by atoms with Gasteiger partial charge in [-0.3, -0.25) is 4.79 Å². The Bertz CT molecular complexity index is 874. The van der Waals surface area contributed by atoms with Crippen molar-refractivity contribution in [1.82, 2.24) is 9.62 Å².